The number of rotatable bonds is 5. The molecule has 0 aliphatic heterocycles. The molecule has 1 amide bonds. The van der Waals surface area contributed by atoms with Crippen LogP contribution in [0.2, 0.25) is 0 Å². The van der Waals surface area contributed by atoms with E-state index in [0.717, 1.165) is 16.8 Å². The molecule has 3 rings (SSSR count). The van der Waals surface area contributed by atoms with Gasteiger partial charge in [0.15, 0.2) is 0 Å². The highest BCUT2D eigenvalue weighted by molar-refractivity contribution is 5.93. The molecule has 0 radical (unpaired) electrons. The third kappa shape index (κ3) is 3.65. The summed E-state index contributed by atoms with van der Waals surface area (Å²) in [5.74, 6) is 2.47. The Morgan fingerprint density at radius 2 is 2.00 bits per heavy atom. The van der Waals surface area contributed by atoms with E-state index in [0.29, 0.717) is 6.54 Å². The minimum atomic E-state index is -0.125. The average molecular weight is 317 g/mol. The van der Waals surface area contributed by atoms with Crippen LogP contribution in [0.4, 0.5) is 5.69 Å². The standard InChI is InChI=1S/C18H15N5O/c1-2-15-9-6-10-17(11-15)23(12-16-7-4-3-5-8-16)18(24)13-22-14-19-20-21-22/h1,3-11,14H,12-13H2. The Hall–Kier alpha value is -3.46. The quantitative estimate of drug-likeness (QED) is 0.674. The predicted molar refractivity (Wildman–Crippen MR) is 89.8 cm³/mol. The summed E-state index contributed by atoms with van der Waals surface area (Å²) in [5, 5.41) is 10.9. The van der Waals surface area contributed by atoms with Gasteiger partial charge in [-0.1, -0.05) is 42.3 Å². The number of tetrazole rings is 1. The highest BCUT2D eigenvalue weighted by Crippen LogP contribution is 2.19. The van der Waals surface area contributed by atoms with Crippen LogP contribution in [0.5, 0.6) is 0 Å². The van der Waals surface area contributed by atoms with Crippen LogP contribution in [0, 0.1) is 12.3 Å². The van der Waals surface area contributed by atoms with E-state index in [2.05, 4.69) is 21.4 Å². The summed E-state index contributed by atoms with van der Waals surface area (Å²) in [6.45, 7) is 0.496. The van der Waals surface area contributed by atoms with Crippen molar-refractivity contribution in [2.75, 3.05) is 4.90 Å². The lowest BCUT2D eigenvalue weighted by atomic mass is 10.1. The first-order valence-electron chi connectivity index (χ1n) is 7.38. The monoisotopic (exact) mass is 317 g/mol. The van der Waals surface area contributed by atoms with Gasteiger partial charge < -0.3 is 4.90 Å². The summed E-state index contributed by atoms with van der Waals surface area (Å²) in [6, 6.07) is 17.1. The number of hydrogen-bond donors (Lipinski definition) is 0. The van der Waals surface area contributed by atoms with Gasteiger partial charge in [0, 0.05) is 11.3 Å². The van der Waals surface area contributed by atoms with Crippen molar-refractivity contribution < 1.29 is 4.79 Å². The van der Waals surface area contributed by atoms with E-state index in [1.54, 1.807) is 4.90 Å². The second kappa shape index (κ2) is 7.20. The Labute approximate surface area is 139 Å². The van der Waals surface area contributed by atoms with Crippen LogP contribution in [-0.2, 0) is 17.9 Å². The van der Waals surface area contributed by atoms with Gasteiger partial charge >= 0.3 is 0 Å². The normalized spacial score (nSPS) is 10.1. The Morgan fingerprint density at radius 3 is 2.71 bits per heavy atom. The zero-order valence-electron chi connectivity index (χ0n) is 12.9. The Bertz CT molecular complexity index is 853. The van der Waals surface area contributed by atoms with Gasteiger partial charge in [0.2, 0.25) is 5.91 Å². The molecular formula is C18H15N5O. The van der Waals surface area contributed by atoms with Gasteiger partial charge in [-0.3, -0.25) is 4.79 Å². The molecule has 24 heavy (non-hydrogen) atoms. The predicted octanol–water partition coefficient (Wildman–Crippen LogP) is 1.89. The molecule has 0 atom stereocenters. The smallest absolute Gasteiger partial charge is 0.249 e. The number of carbonyl (C=O) groups excluding carboxylic acids is 1. The lowest BCUT2D eigenvalue weighted by Crippen LogP contribution is -2.33. The maximum Gasteiger partial charge on any atom is 0.249 e. The number of terminal acetylenes is 1. The molecule has 0 aliphatic carbocycles. The summed E-state index contributed by atoms with van der Waals surface area (Å²) >= 11 is 0. The van der Waals surface area contributed by atoms with Gasteiger partial charge in [-0.2, -0.15) is 0 Å². The summed E-state index contributed by atoms with van der Waals surface area (Å²) in [5.41, 5.74) is 2.49. The lowest BCUT2D eigenvalue weighted by Gasteiger charge is -2.23. The fourth-order valence-electron chi connectivity index (χ4n) is 2.33. The zero-order valence-corrected chi connectivity index (χ0v) is 12.9. The molecule has 0 saturated carbocycles. The first-order valence-corrected chi connectivity index (χ1v) is 7.38. The summed E-state index contributed by atoms with van der Waals surface area (Å²) in [6.07, 6.45) is 6.89. The maximum absolute atomic E-state index is 12.8. The Morgan fingerprint density at radius 1 is 1.17 bits per heavy atom. The molecule has 0 N–H and O–H groups in total. The molecule has 3 aromatic rings. The average Bonchev–Trinajstić information content (AvgIpc) is 3.13. The molecule has 0 saturated heterocycles. The van der Waals surface area contributed by atoms with E-state index in [1.165, 1.54) is 11.0 Å². The van der Waals surface area contributed by atoms with Crippen LogP contribution in [0.3, 0.4) is 0 Å². The molecule has 1 heterocycles. The van der Waals surface area contributed by atoms with Crippen molar-refractivity contribution in [3.63, 3.8) is 0 Å². The molecule has 2 aromatic carbocycles. The van der Waals surface area contributed by atoms with Crippen LogP contribution >= 0.6 is 0 Å². The number of aromatic nitrogens is 4. The van der Waals surface area contributed by atoms with Crippen molar-refractivity contribution in [3.05, 3.63) is 72.1 Å². The van der Waals surface area contributed by atoms with Crippen molar-refractivity contribution in [1.29, 1.82) is 0 Å². The SMILES string of the molecule is C#Cc1cccc(N(Cc2ccccc2)C(=O)Cn2cnnn2)c1. The summed E-state index contributed by atoms with van der Waals surface area (Å²) in [7, 11) is 0. The summed E-state index contributed by atoms with van der Waals surface area (Å²) < 4.78 is 1.39. The fraction of sp³-hybridized carbons (Fsp3) is 0.111. The molecule has 1 aromatic heterocycles. The molecule has 6 nitrogen and oxygen atoms in total. The molecule has 118 valence electrons. The molecule has 0 fully saturated rings. The first-order chi connectivity index (χ1) is 11.8. The van der Waals surface area contributed by atoms with Gasteiger partial charge in [0.1, 0.15) is 12.9 Å². The zero-order chi connectivity index (χ0) is 16.8. The van der Waals surface area contributed by atoms with E-state index in [9.17, 15) is 4.79 Å². The van der Waals surface area contributed by atoms with Gasteiger partial charge in [-0.15, -0.1) is 11.5 Å². The van der Waals surface area contributed by atoms with Crippen LogP contribution in [0.15, 0.2) is 60.9 Å². The molecule has 6 heteroatoms. The van der Waals surface area contributed by atoms with Crippen molar-refractivity contribution >= 4 is 11.6 Å². The van der Waals surface area contributed by atoms with Gasteiger partial charge in [0.05, 0.1) is 6.54 Å². The van der Waals surface area contributed by atoms with Crippen molar-refractivity contribution in [3.8, 4) is 12.3 Å². The van der Waals surface area contributed by atoms with E-state index in [1.807, 2.05) is 54.6 Å². The third-order valence-electron chi connectivity index (χ3n) is 3.50. The van der Waals surface area contributed by atoms with E-state index in [-0.39, 0.29) is 12.5 Å². The largest absolute Gasteiger partial charge is 0.306 e. The topological polar surface area (TPSA) is 63.9 Å². The second-order valence-corrected chi connectivity index (χ2v) is 5.17. The summed E-state index contributed by atoms with van der Waals surface area (Å²) in [4.78, 5) is 14.5. The Kier molecular flexibility index (Phi) is 4.63. The van der Waals surface area contributed by atoms with Gasteiger partial charge in [-0.25, -0.2) is 4.68 Å². The van der Waals surface area contributed by atoms with Crippen LogP contribution in [0.25, 0.3) is 0 Å². The number of anilines is 1. The highest BCUT2D eigenvalue weighted by atomic mass is 16.2. The third-order valence-corrected chi connectivity index (χ3v) is 3.50. The maximum atomic E-state index is 12.8. The number of hydrogen-bond acceptors (Lipinski definition) is 4. The fourth-order valence-corrected chi connectivity index (χ4v) is 2.33. The molecule has 0 spiro atoms. The number of benzene rings is 2. The van der Waals surface area contributed by atoms with Crippen molar-refractivity contribution in [2.24, 2.45) is 0 Å². The minimum Gasteiger partial charge on any atom is -0.306 e. The number of amides is 1. The minimum absolute atomic E-state index is 0.0557. The van der Waals surface area contributed by atoms with Crippen molar-refractivity contribution in [1.82, 2.24) is 20.2 Å². The van der Waals surface area contributed by atoms with E-state index < -0.39 is 0 Å². The molecule has 0 bridgehead atoms. The number of carbonyl (C=O) groups is 1. The van der Waals surface area contributed by atoms with Crippen LogP contribution in [0.1, 0.15) is 11.1 Å². The van der Waals surface area contributed by atoms with E-state index >= 15 is 0 Å². The van der Waals surface area contributed by atoms with Crippen LogP contribution < -0.4 is 4.90 Å². The van der Waals surface area contributed by atoms with E-state index in [4.69, 9.17) is 6.42 Å². The van der Waals surface area contributed by atoms with Crippen LogP contribution in [-0.4, -0.2) is 26.1 Å². The molecule has 0 aliphatic rings. The van der Waals surface area contributed by atoms with Crippen molar-refractivity contribution in [2.45, 2.75) is 13.1 Å². The van der Waals surface area contributed by atoms with Gasteiger partial charge in [-0.05, 0) is 34.2 Å². The lowest BCUT2D eigenvalue weighted by molar-refractivity contribution is -0.119. The molecule has 0 unspecified atom stereocenters. The van der Waals surface area contributed by atoms with Gasteiger partial charge in [0.25, 0.3) is 0 Å². The molecular weight excluding hydrogens is 302 g/mol. The Balaban J connectivity index is 1.90. The first kappa shape index (κ1) is 15.4. The number of nitrogens with zero attached hydrogens (tertiary/aromatic N) is 5. The second-order valence-electron chi connectivity index (χ2n) is 5.17. The highest BCUT2D eigenvalue weighted by Gasteiger charge is 2.17.